The lowest BCUT2D eigenvalue weighted by Crippen LogP contribution is -2.54. The number of phenols is 1. The number of benzene rings is 1. The van der Waals surface area contributed by atoms with E-state index in [0.717, 1.165) is 0 Å². The number of phenolic OH excluding ortho intramolecular Hbond substituents is 1. The van der Waals surface area contributed by atoms with Gasteiger partial charge in [0.05, 0.1) is 12.3 Å². The molecule has 3 aliphatic heterocycles. The fourth-order valence-electron chi connectivity index (χ4n) is 4.89. The molecule has 0 unspecified atom stereocenters. The Morgan fingerprint density at radius 1 is 1.26 bits per heavy atom. The summed E-state index contributed by atoms with van der Waals surface area (Å²) in [6.45, 7) is -0.181. The SMILES string of the molecule is O=C1C[C@]23C[C@@]4(O)COc5cc(O)ccc5[C@H]4[C@@]2(O1)C(=O)CO3. The maximum Gasteiger partial charge on any atom is 0.310 e. The molecule has 4 aliphatic rings. The highest BCUT2D eigenvalue weighted by Gasteiger charge is 2.83. The fraction of sp³-hybridized carbons (Fsp3) is 0.500. The zero-order valence-corrected chi connectivity index (χ0v) is 12.1. The van der Waals surface area contributed by atoms with Crippen molar-refractivity contribution < 1.29 is 34.0 Å². The van der Waals surface area contributed by atoms with Crippen molar-refractivity contribution in [3.05, 3.63) is 23.8 Å². The van der Waals surface area contributed by atoms with Gasteiger partial charge in [0, 0.05) is 18.1 Å². The molecule has 3 heterocycles. The fourth-order valence-corrected chi connectivity index (χ4v) is 4.89. The number of rotatable bonds is 0. The Morgan fingerprint density at radius 3 is 2.91 bits per heavy atom. The van der Waals surface area contributed by atoms with Crippen molar-refractivity contribution in [1.82, 2.24) is 0 Å². The van der Waals surface area contributed by atoms with Gasteiger partial charge in [-0.05, 0) is 6.07 Å². The predicted octanol–water partition coefficient (Wildman–Crippen LogP) is 0.0268. The Balaban J connectivity index is 1.79. The molecule has 1 aromatic rings. The Labute approximate surface area is 130 Å². The second-order valence-electron chi connectivity index (χ2n) is 6.82. The molecular formula is C16H14O7. The number of ether oxygens (including phenoxy) is 3. The molecule has 0 aromatic heterocycles. The molecule has 1 saturated carbocycles. The zero-order chi connectivity index (χ0) is 16.0. The highest BCUT2D eigenvalue weighted by atomic mass is 16.6. The van der Waals surface area contributed by atoms with Crippen LogP contribution in [0.1, 0.15) is 24.3 Å². The minimum atomic E-state index is -1.51. The second-order valence-corrected chi connectivity index (χ2v) is 6.82. The number of Topliss-reactive ketones (excluding diaryl/α,β-unsaturated/α-hetero) is 1. The quantitative estimate of drug-likeness (QED) is 0.650. The molecule has 4 atom stereocenters. The number of carbonyl (C=O) groups is 2. The molecule has 7 heteroatoms. The minimum absolute atomic E-state index is 0.0216. The van der Waals surface area contributed by atoms with Gasteiger partial charge in [0.2, 0.25) is 11.4 Å². The van der Waals surface area contributed by atoms with Crippen LogP contribution in [0.3, 0.4) is 0 Å². The molecule has 7 nitrogen and oxygen atoms in total. The van der Waals surface area contributed by atoms with Gasteiger partial charge in [-0.1, -0.05) is 6.07 Å². The van der Waals surface area contributed by atoms with Gasteiger partial charge in [-0.2, -0.15) is 0 Å². The van der Waals surface area contributed by atoms with E-state index >= 15 is 0 Å². The number of hydrogen-bond acceptors (Lipinski definition) is 7. The van der Waals surface area contributed by atoms with Crippen LogP contribution >= 0.6 is 0 Å². The maximum absolute atomic E-state index is 12.7. The van der Waals surface area contributed by atoms with E-state index in [1.54, 1.807) is 6.07 Å². The lowest BCUT2D eigenvalue weighted by molar-refractivity contribution is -0.163. The molecule has 0 amide bonds. The van der Waals surface area contributed by atoms with Gasteiger partial charge in [-0.3, -0.25) is 9.59 Å². The number of ketones is 1. The van der Waals surface area contributed by atoms with Crippen LogP contribution in [0.15, 0.2) is 18.2 Å². The summed E-state index contributed by atoms with van der Waals surface area (Å²) in [5.74, 6) is -1.18. The van der Waals surface area contributed by atoms with Gasteiger partial charge < -0.3 is 24.4 Å². The third-order valence-corrected chi connectivity index (χ3v) is 5.60. The molecule has 23 heavy (non-hydrogen) atoms. The van der Waals surface area contributed by atoms with Gasteiger partial charge >= 0.3 is 5.97 Å². The molecular weight excluding hydrogens is 304 g/mol. The van der Waals surface area contributed by atoms with Crippen molar-refractivity contribution in [1.29, 1.82) is 0 Å². The third kappa shape index (κ3) is 1.30. The minimum Gasteiger partial charge on any atom is -0.508 e. The van der Waals surface area contributed by atoms with Crippen molar-refractivity contribution in [3.8, 4) is 11.5 Å². The van der Waals surface area contributed by atoms with Gasteiger partial charge in [0.25, 0.3) is 0 Å². The monoisotopic (exact) mass is 318 g/mol. The van der Waals surface area contributed by atoms with E-state index in [2.05, 4.69) is 0 Å². The lowest BCUT2D eigenvalue weighted by atomic mass is 9.73. The predicted molar refractivity (Wildman–Crippen MR) is 73.0 cm³/mol. The molecule has 2 N–H and O–H groups in total. The molecule has 0 spiro atoms. The van der Waals surface area contributed by atoms with Gasteiger partial charge in [0.15, 0.2) is 0 Å². The zero-order valence-electron chi connectivity index (χ0n) is 12.1. The molecule has 2 saturated heterocycles. The number of esters is 1. The average Bonchev–Trinajstić information content (AvgIpc) is 2.98. The van der Waals surface area contributed by atoms with E-state index in [4.69, 9.17) is 14.2 Å². The van der Waals surface area contributed by atoms with Gasteiger partial charge in [-0.15, -0.1) is 0 Å². The summed E-state index contributed by atoms with van der Waals surface area (Å²) in [4.78, 5) is 24.6. The Kier molecular flexibility index (Phi) is 2.13. The van der Waals surface area contributed by atoms with E-state index in [1.165, 1.54) is 12.1 Å². The van der Waals surface area contributed by atoms with Crippen molar-refractivity contribution in [3.63, 3.8) is 0 Å². The summed E-state index contributed by atoms with van der Waals surface area (Å²) in [5.41, 5.74) is -3.45. The highest BCUT2D eigenvalue weighted by molar-refractivity contribution is 6.00. The first kappa shape index (κ1) is 13.3. The summed E-state index contributed by atoms with van der Waals surface area (Å²) < 4.78 is 16.8. The maximum atomic E-state index is 12.7. The molecule has 0 radical (unpaired) electrons. The lowest BCUT2D eigenvalue weighted by Gasteiger charge is -2.40. The Bertz CT molecular complexity index is 774. The van der Waals surface area contributed by atoms with Crippen LogP contribution in [0.4, 0.5) is 0 Å². The van der Waals surface area contributed by atoms with Crippen LogP contribution in [-0.2, 0) is 19.1 Å². The Morgan fingerprint density at radius 2 is 2.09 bits per heavy atom. The summed E-state index contributed by atoms with van der Waals surface area (Å²) in [5, 5.41) is 20.8. The largest absolute Gasteiger partial charge is 0.508 e. The number of fused-ring (bicyclic) bond motifs is 3. The number of aliphatic hydroxyl groups is 1. The number of aromatic hydroxyl groups is 1. The average molecular weight is 318 g/mol. The summed E-state index contributed by atoms with van der Waals surface area (Å²) in [6.07, 6.45) is 0.0490. The summed E-state index contributed by atoms with van der Waals surface area (Å²) in [7, 11) is 0. The second kappa shape index (κ2) is 3.68. The number of hydrogen-bond donors (Lipinski definition) is 2. The molecule has 120 valence electrons. The summed E-state index contributed by atoms with van der Waals surface area (Å²) >= 11 is 0. The first-order valence-electron chi connectivity index (χ1n) is 7.47. The van der Waals surface area contributed by atoms with E-state index in [0.29, 0.717) is 11.3 Å². The first-order chi connectivity index (χ1) is 10.9. The van der Waals surface area contributed by atoms with Gasteiger partial charge in [0.1, 0.15) is 35.9 Å². The topological polar surface area (TPSA) is 102 Å². The van der Waals surface area contributed by atoms with Crippen molar-refractivity contribution >= 4 is 11.8 Å². The van der Waals surface area contributed by atoms with Crippen LogP contribution in [0.5, 0.6) is 11.5 Å². The molecule has 5 rings (SSSR count). The van der Waals surface area contributed by atoms with E-state index < -0.39 is 28.7 Å². The van der Waals surface area contributed by atoms with Crippen LogP contribution < -0.4 is 4.74 Å². The Hall–Kier alpha value is -2.12. The van der Waals surface area contributed by atoms with Crippen LogP contribution in [0, 0.1) is 0 Å². The first-order valence-corrected chi connectivity index (χ1v) is 7.47. The van der Waals surface area contributed by atoms with Crippen LogP contribution in [-0.4, -0.2) is 52.0 Å². The van der Waals surface area contributed by atoms with Gasteiger partial charge in [-0.25, -0.2) is 0 Å². The van der Waals surface area contributed by atoms with Crippen molar-refractivity contribution in [2.75, 3.05) is 13.2 Å². The molecule has 0 bridgehead atoms. The smallest absolute Gasteiger partial charge is 0.310 e. The number of carbonyl (C=O) groups excluding carboxylic acids is 2. The van der Waals surface area contributed by atoms with E-state index in [1.807, 2.05) is 0 Å². The standard InChI is InChI=1S/C16H14O7/c17-8-1-2-9-10(3-8)21-7-14(20)6-15-4-12(19)23-16(15,13(9)14)11(18)5-22-15/h1-3,13,17,20H,4-7H2/t13-,14-,15+,16+/m1/s1. The molecule has 1 aromatic carbocycles. The van der Waals surface area contributed by atoms with Crippen molar-refractivity contribution in [2.24, 2.45) is 0 Å². The van der Waals surface area contributed by atoms with E-state index in [9.17, 15) is 19.8 Å². The highest BCUT2D eigenvalue weighted by Crippen LogP contribution is 2.67. The third-order valence-electron chi connectivity index (χ3n) is 5.60. The van der Waals surface area contributed by atoms with E-state index in [-0.39, 0.29) is 37.6 Å². The van der Waals surface area contributed by atoms with Crippen molar-refractivity contribution in [2.45, 2.75) is 35.6 Å². The molecule has 3 fully saturated rings. The molecule has 1 aliphatic carbocycles. The van der Waals surface area contributed by atoms with Crippen LogP contribution in [0.25, 0.3) is 0 Å². The summed E-state index contributed by atoms with van der Waals surface area (Å²) in [6, 6.07) is 4.49. The van der Waals surface area contributed by atoms with Crippen LogP contribution in [0.2, 0.25) is 0 Å². The normalized spacial score (nSPS) is 43.3.